The summed E-state index contributed by atoms with van der Waals surface area (Å²) in [5, 5.41) is 7.37. The average Bonchev–Trinajstić information content (AvgIpc) is 2.70. The average molecular weight is 325 g/mol. The fourth-order valence-corrected chi connectivity index (χ4v) is 2.43. The molecule has 102 valence electrons. The van der Waals surface area contributed by atoms with Gasteiger partial charge in [-0.3, -0.25) is 0 Å². The molecule has 19 heavy (non-hydrogen) atoms. The Bertz CT molecular complexity index is 547. The highest BCUT2D eigenvalue weighted by atomic mass is 79.9. The molecule has 0 spiro atoms. The fourth-order valence-electron chi connectivity index (χ4n) is 1.95. The van der Waals surface area contributed by atoms with Crippen LogP contribution in [0.15, 0.2) is 27.2 Å². The SMILES string of the molecule is COCc1c(Br)cccc1NCc1c(C)noc1C. The predicted molar refractivity (Wildman–Crippen MR) is 78.2 cm³/mol. The molecule has 1 aromatic carbocycles. The zero-order valence-corrected chi connectivity index (χ0v) is 12.9. The standard InChI is InChI=1S/C14H17BrN2O2/c1-9-11(10(2)19-17-9)7-16-14-6-4-5-13(15)12(14)8-18-3/h4-6,16H,7-8H2,1-3H3. The van der Waals surface area contributed by atoms with E-state index in [0.717, 1.165) is 32.7 Å². The molecule has 4 nitrogen and oxygen atoms in total. The number of methoxy groups -OCH3 is 1. The van der Waals surface area contributed by atoms with E-state index in [1.165, 1.54) is 0 Å². The van der Waals surface area contributed by atoms with Gasteiger partial charge in [0.1, 0.15) is 5.76 Å². The van der Waals surface area contributed by atoms with E-state index in [4.69, 9.17) is 9.26 Å². The number of hydrogen-bond donors (Lipinski definition) is 1. The van der Waals surface area contributed by atoms with Crippen LogP contribution in [-0.4, -0.2) is 12.3 Å². The monoisotopic (exact) mass is 324 g/mol. The van der Waals surface area contributed by atoms with Crippen LogP contribution in [0.1, 0.15) is 22.6 Å². The number of anilines is 1. The zero-order valence-electron chi connectivity index (χ0n) is 11.3. The third-order valence-electron chi connectivity index (χ3n) is 3.04. The summed E-state index contributed by atoms with van der Waals surface area (Å²) in [5.74, 6) is 0.855. The number of halogens is 1. The van der Waals surface area contributed by atoms with E-state index in [9.17, 15) is 0 Å². The smallest absolute Gasteiger partial charge is 0.138 e. The largest absolute Gasteiger partial charge is 0.380 e. The lowest BCUT2D eigenvalue weighted by Crippen LogP contribution is -2.05. The zero-order chi connectivity index (χ0) is 13.8. The van der Waals surface area contributed by atoms with Gasteiger partial charge in [0, 0.05) is 34.9 Å². The molecule has 2 aromatic rings. The number of rotatable bonds is 5. The van der Waals surface area contributed by atoms with Gasteiger partial charge in [-0.05, 0) is 26.0 Å². The first-order chi connectivity index (χ1) is 9.13. The van der Waals surface area contributed by atoms with Gasteiger partial charge in [0.15, 0.2) is 0 Å². The Kier molecular flexibility index (Phi) is 4.61. The van der Waals surface area contributed by atoms with Crippen molar-refractivity contribution < 1.29 is 9.26 Å². The number of hydrogen-bond acceptors (Lipinski definition) is 4. The van der Waals surface area contributed by atoms with Gasteiger partial charge in [0.05, 0.1) is 12.3 Å². The van der Waals surface area contributed by atoms with Gasteiger partial charge in [-0.25, -0.2) is 0 Å². The molecule has 1 N–H and O–H groups in total. The summed E-state index contributed by atoms with van der Waals surface area (Å²) < 4.78 is 11.4. The van der Waals surface area contributed by atoms with E-state index in [0.29, 0.717) is 13.2 Å². The summed E-state index contributed by atoms with van der Waals surface area (Å²) in [7, 11) is 1.69. The van der Waals surface area contributed by atoms with Gasteiger partial charge >= 0.3 is 0 Å². The minimum Gasteiger partial charge on any atom is -0.380 e. The molecule has 0 aliphatic rings. The summed E-state index contributed by atoms with van der Waals surface area (Å²) in [6.07, 6.45) is 0. The molecule has 0 bridgehead atoms. The molecule has 2 rings (SSSR count). The van der Waals surface area contributed by atoms with Gasteiger partial charge in [0.25, 0.3) is 0 Å². The number of nitrogens with zero attached hydrogens (tertiary/aromatic N) is 1. The van der Waals surface area contributed by atoms with Crippen molar-refractivity contribution in [2.24, 2.45) is 0 Å². The lowest BCUT2D eigenvalue weighted by molar-refractivity contribution is 0.185. The number of nitrogens with one attached hydrogen (secondary N) is 1. The van der Waals surface area contributed by atoms with Crippen molar-refractivity contribution in [1.82, 2.24) is 5.16 Å². The van der Waals surface area contributed by atoms with Crippen LogP contribution in [0.5, 0.6) is 0 Å². The van der Waals surface area contributed by atoms with Crippen LogP contribution in [0.4, 0.5) is 5.69 Å². The maximum absolute atomic E-state index is 5.23. The summed E-state index contributed by atoms with van der Waals surface area (Å²) in [4.78, 5) is 0. The van der Waals surface area contributed by atoms with E-state index in [2.05, 4.69) is 26.4 Å². The highest BCUT2D eigenvalue weighted by molar-refractivity contribution is 9.10. The molecule has 0 radical (unpaired) electrons. The topological polar surface area (TPSA) is 47.3 Å². The Morgan fingerprint density at radius 1 is 1.32 bits per heavy atom. The Hall–Kier alpha value is -1.33. The Morgan fingerprint density at radius 2 is 2.11 bits per heavy atom. The molecule has 0 unspecified atom stereocenters. The second-order valence-electron chi connectivity index (χ2n) is 4.36. The Labute approximate surface area is 121 Å². The Balaban J connectivity index is 2.18. The molecule has 0 fully saturated rings. The molecule has 0 saturated heterocycles. The van der Waals surface area contributed by atoms with E-state index < -0.39 is 0 Å². The maximum Gasteiger partial charge on any atom is 0.138 e. The quantitative estimate of drug-likeness (QED) is 0.908. The third-order valence-corrected chi connectivity index (χ3v) is 3.79. The lowest BCUT2D eigenvalue weighted by Gasteiger charge is -2.13. The highest BCUT2D eigenvalue weighted by Crippen LogP contribution is 2.26. The van der Waals surface area contributed by atoms with Gasteiger partial charge in [0.2, 0.25) is 0 Å². The van der Waals surface area contributed by atoms with Crippen LogP contribution < -0.4 is 5.32 Å². The molecule has 1 heterocycles. The number of aromatic nitrogens is 1. The Morgan fingerprint density at radius 3 is 2.74 bits per heavy atom. The fraction of sp³-hybridized carbons (Fsp3) is 0.357. The molecule has 0 amide bonds. The van der Waals surface area contributed by atoms with Crippen molar-refractivity contribution in [3.05, 3.63) is 45.3 Å². The van der Waals surface area contributed by atoms with Crippen LogP contribution in [-0.2, 0) is 17.9 Å². The van der Waals surface area contributed by atoms with Crippen LogP contribution in [0.25, 0.3) is 0 Å². The molecule has 5 heteroatoms. The van der Waals surface area contributed by atoms with Crippen molar-refractivity contribution >= 4 is 21.6 Å². The summed E-state index contributed by atoms with van der Waals surface area (Å²) in [5.41, 5.74) is 4.18. The molecular weight excluding hydrogens is 308 g/mol. The molecular formula is C14H17BrN2O2. The number of ether oxygens (including phenoxy) is 1. The predicted octanol–water partition coefficient (Wildman–Crippen LogP) is 3.81. The van der Waals surface area contributed by atoms with E-state index in [1.807, 2.05) is 32.0 Å². The molecule has 0 saturated carbocycles. The van der Waals surface area contributed by atoms with Crippen LogP contribution in [0, 0.1) is 13.8 Å². The van der Waals surface area contributed by atoms with Crippen LogP contribution >= 0.6 is 15.9 Å². The van der Waals surface area contributed by atoms with Crippen molar-refractivity contribution in [1.29, 1.82) is 0 Å². The van der Waals surface area contributed by atoms with Gasteiger partial charge in [-0.2, -0.15) is 0 Å². The van der Waals surface area contributed by atoms with E-state index in [-0.39, 0.29) is 0 Å². The number of aryl methyl sites for hydroxylation is 2. The second kappa shape index (κ2) is 6.21. The number of benzene rings is 1. The maximum atomic E-state index is 5.23. The van der Waals surface area contributed by atoms with E-state index >= 15 is 0 Å². The van der Waals surface area contributed by atoms with Gasteiger partial charge in [-0.1, -0.05) is 27.2 Å². The molecule has 0 aliphatic carbocycles. The first kappa shape index (κ1) is 14.1. The molecule has 0 aliphatic heterocycles. The molecule has 1 aromatic heterocycles. The van der Waals surface area contributed by atoms with Crippen LogP contribution in [0.3, 0.4) is 0 Å². The summed E-state index contributed by atoms with van der Waals surface area (Å²) >= 11 is 3.54. The summed E-state index contributed by atoms with van der Waals surface area (Å²) in [6, 6.07) is 6.05. The van der Waals surface area contributed by atoms with Crippen molar-refractivity contribution in [2.75, 3.05) is 12.4 Å². The van der Waals surface area contributed by atoms with E-state index in [1.54, 1.807) is 7.11 Å². The van der Waals surface area contributed by atoms with Crippen molar-refractivity contribution in [3.63, 3.8) is 0 Å². The lowest BCUT2D eigenvalue weighted by atomic mass is 10.1. The second-order valence-corrected chi connectivity index (χ2v) is 5.21. The third kappa shape index (κ3) is 3.16. The normalized spacial score (nSPS) is 10.7. The van der Waals surface area contributed by atoms with Gasteiger partial charge < -0.3 is 14.6 Å². The minimum absolute atomic E-state index is 0.561. The molecule has 0 atom stereocenters. The van der Waals surface area contributed by atoms with Crippen molar-refractivity contribution in [3.8, 4) is 0 Å². The minimum atomic E-state index is 0.561. The highest BCUT2D eigenvalue weighted by Gasteiger charge is 2.10. The first-order valence-electron chi connectivity index (χ1n) is 6.05. The van der Waals surface area contributed by atoms with Gasteiger partial charge in [-0.15, -0.1) is 0 Å². The van der Waals surface area contributed by atoms with Crippen molar-refractivity contribution in [2.45, 2.75) is 27.0 Å². The first-order valence-corrected chi connectivity index (χ1v) is 6.84. The summed E-state index contributed by atoms with van der Waals surface area (Å²) in [6.45, 7) is 5.12. The van der Waals surface area contributed by atoms with Crippen LogP contribution in [0.2, 0.25) is 0 Å².